The van der Waals surface area contributed by atoms with Crippen molar-refractivity contribution >= 4 is 0 Å². The van der Waals surface area contributed by atoms with Crippen LogP contribution in [0, 0.1) is 0 Å². The van der Waals surface area contributed by atoms with E-state index in [2.05, 4.69) is 12.0 Å². The van der Waals surface area contributed by atoms with Crippen molar-refractivity contribution in [2.75, 3.05) is 7.11 Å². The molecule has 0 bridgehead atoms. The summed E-state index contributed by atoms with van der Waals surface area (Å²) in [5, 5.41) is 4.23. The van der Waals surface area contributed by atoms with E-state index in [1.807, 2.05) is 29.1 Å². The van der Waals surface area contributed by atoms with Gasteiger partial charge in [0.1, 0.15) is 12.4 Å². The summed E-state index contributed by atoms with van der Waals surface area (Å²) in [5.41, 5.74) is 7.69. The van der Waals surface area contributed by atoms with Crippen molar-refractivity contribution in [3.05, 3.63) is 41.7 Å². The maximum atomic E-state index is 5.72. The highest BCUT2D eigenvalue weighted by atomic mass is 16.5. The molecule has 0 aliphatic carbocycles. The lowest BCUT2D eigenvalue weighted by Crippen LogP contribution is -2.02. The van der Waals surface area contributed by atoms with Crippen LogP contribution in [-0.4, -0.2) is 16.9 Å². The quantitative estimate of drug-likeness (QED) is 0.842. The third-order valence-corrected chi connectivity index (χ3v) is 3.04. The highest BCUT2D eigenvalue weighted by molar-refractivity contribution is 5.37. The van der Waals surface area contributed by atoms with Crippen molar-refractivity contribution in [2.45, 2.75) is 33.0 Å². The minimum atomic E-state index is 0.466. The van der Waals surface area contributed by atoms with E-state index in [-0.39, 0.29) is 0 Å². The zero-order valence-electron chi connectivity index (χ0n) is 12.0. The lowest BCUT2D eigenvalue weighted by atomic mass is 10.1. The van der Waals surface area contributed by atoms with Crippen molar-refractivity contribution < 1.29 is 9.47 Å². The Morgan fingerprint density at radius 2 is 2.20 bits per heavy atom. The molecule has 2 aromatic rings. The molecule has 108 valence electrons. The molecule has 2 N–H and O–H groups in total. The lowest BCUT2D eigenvalue weighted by Gasteiger charge is -2.09. The number of hydrogen-bond acceptors (Lipinski definition) is 4. The molecule has 5 heteroatoms. The maximum Gasteiger partial charge on any atom is 0.157 e. The first-order valence-corrected chi connectivity index (χ1v) is 6.78. The smallest absolute Gasteiger partial charge is 0.157 e. The largest absolute Gasteiger partial charge is 0.496 e. The van der Waals surface area contributed by atoms with E-state index in [1.54, 1.807) is 13.3 Å². The van der Waals surface area contributed by atoms with E-state index in [4.69, 9.17) is 15.2 Å². The molecule has 0 fully saturated rings. The van der Waals surface area contributed by atoms with E-state index in [0.29, 0.717) is 13.2 Å². The molecular weight excluding hydrogens is 254 g/mol. The number of hydrogen-bond donors (Lipinski definition) is 1. The number of nitrogens with zero attached hydrogens (tertiary/aromatic N) is 2. The summed E-state index contributed by atoms with van der Waals surface area (Å²) in [6.45, 7) is 3.98. The normalized spacial score (nSPS) is 10.6. The minimum Gasteiger partial charge on any atom is -0.496 e. The van der Waals surface area contributed by atoms with Crippen molar-refractivity contribution in [1.29, 1.82) is 0 Å². The number of benzene rings is 1. The summed E-state index contributed by atoms with van der Waals surface area (Å²) in [5.74, 6) is 1.58. The first kappa shape index (κ1) is 14.4. The zero-order valence-corrected chi connectivity index (χ0v) is 12.0. The van der Waals surface area contributed by atoms with Crippen LogP contribution in [0.1, 0.15) is 24.5 Å². The van der Waals surface area contributed by atoms with E-state index in [0.717, 1.165) is 35.6 Å². The van der Waals surface area contributed by atoms with Crippen LogP contribution >= 0.6 is 0 Å². The summed E-state index contributed by atoms with van der Waals surface area (Å²) < 4.78 is 12.9. The van der Waals surface area contributed by atoms with Crippen LogP contribution < -0.4 is 15.2 Å². The molecule has 0 spiro atoms. The molecule has 2 rings (SSSR count). The molecule has 0 aliphatic heterocycles. The van der Waals surface area contributed by atoms with E-state index >= 15 is 0 Å². The van der Waals surface area contributed by atoms with Crippen LogP contribution in [-0.2, 0) is 19.7 Å². The predicted octanol–water partition coefficient (Wildman–Crippen LogP) is 2.34. The molecule has 0 aliphatic rings. The molecule has 1 aromatic carbocycles. The highest BCUT2D eigenvalue weighted by Crippen LogP contribution is 2.21. The van der Waals surface area contributed by atoms with Gasteiger partial charge in [-0.05, 0) is 18.1 Å². The summed E-state index contributed by atoms with van der Waals surface area (Å²) in [6.07, 6.45) is 4.70. The molecule has 0 unspecified atom stereocenters. The number of aryl methyl sites for hydroxylation is 1. The van der Waals surface area contributed by atoms with Gasteiger partial charge in [-0.2, -0.15) is 5.10 Å². The van der Waals surface area contributed by atoms with E-state index in [1.165, 1.54) is 0 Å². The molecule has 1 heterocycles. The van der Waals surface area contributed by atoms with E-state index in [9.17, 15) is 0 Å². The fourth-order valence-electron chi connectivity index (χ4n) is 1.98. The molecule has 5 nitrogen and oxygen atoms in total. The third-order valence-electron chi connectivity index (χ3n) is 3.04. The molecule has 0 saturated carbocycles. The zero-order chi connectivity index (χ0) is 14.4. The second-order valence-electron chi connectivity index (χ2n) is 4.58. The molecule has 20 heavy (non-hydrogen) atoms. The van der Waals surface area contributed by atoms with Crippen LogP contribution in [0.2, 0.25) is 0 Å². The standard InChI is InChI=1S/C15H21N3O2/c1-3-6-18-10-14(9-17-18)20-11-12-4-5-13(8-16)15(7-12)19-2/h4-5,7,9-10H,3,6,8,11,16H2,1-2H3. The van der Waals surface area contributed by atoms with Gasteiger partial charge in [-0.1, -0.05) is 19.1 Å². The second kappa shape index (κ2) is 6.96. The first-order valence-electron chi connectivity index (χ1n) is 6.78. The van der Waals surface area contributed by atoms with Crippen molar-refractivity contribution in [2.24, 2.45) is 5.73 Å². The topological polar surface area (TPSA) is 62.3 Å². The van der Waals surface area contributed by atoms with Crippen molar-refractivity contribution in [3.8, 4) is 11.5 Å². The third kappa shape index (κ3) is 3.51. The fourth-order valence-corrected chi connectivity index (χ4v) is 1.98. The summed E-state index contributed by atoms with van der Waals surface area (Å²) in [4.78, 5) is 0. The molecule has 0 saturated heterocycles. The average molecular weight is 275 g/mol. The Morgan fingerprint density at radius 3 is 2.90 bits per heavy atom. The van der Waals surface area contributed by atoms with Gasteiger partial charge >= 0.3 is 0 Å². The average Bonchev–Trinajstić information content (AvgIpc) is 2.93. The highest BCUT2D eigenvalue weighted by Gasteiger charge is 2.04. The molecule has 0 amide bonds. The Hall–Kier alpha value is -2.01. The summed E-state index contributed by atoms with van der Waals surface area (Å²) in [7, 11) is 1.65. The maximum absolute atomic E-state index is 5.72. The monoisotopic (exact) mass is 275 g/mol. The van der Waals surface area contributed by atoms with Crippen LogP contribution in [0.4, 0.5) is 0 Å². The van der Waals surface area contributed by atoms with Crippen LogP contribution in [0.3, 0.4) is 0 Å². The lowest BCUT2D eigenvalue weighted by molar-refractivity contribution is 0.304. The van der Waals surface area contributed by atoms with Gasteiger partial charge in [0.15, 0.2) is 5.75 Å². The number of nitrogens with two attached hydrogens (primary N) is 1. The Balaban J connectivity index is 1.99. The minimum absolute atomic E-state index is 0.466. The van der Waals surface area contributed by atoms with Gasteiger partial charge in [0.2, 0.25) is 0 Å². The predicted molar refractivity (Wildman–Crippen MR) is 77.7 cm³/mol. The van der Waals surface area contributed by atoms with Gasteiger partial charge in [-0.15, -0.1) is 0 Å². The Bertz CT molecular complexity index is 552. The fraction of sp³-hybridized carbons (Fsp3) is 0.400. The summed E-state index contributed by atoms with van der Waals surface area (Å²) in [6, 6.07) is 5.93. The van der Waals surface area contributed by atoms with Crippen molar-refractivity contribution in [1.82, 2.24) is 9.78 Å². The van der Waals surface area contributed by atoms with Crippen molar-refractivity contribution in [3.63, 3.8) is 0 Å². The van der Waals surface area contributed by atoms with E-state index < -0.39 is 0 Å². The van der Waals surface area contributed by atoms with Crippen LogP contribution in [0.25, 0.3) is 0 Å². The Kier molecular flexibility index (Phi) is 5.01. The molecule has 1 aromatic heterocycles. The Labute approximate surface area is 119 Å². The molecule has 0 radical (unpaired) electrons. The number of aromatic nitrogens is 2. The SMILES string of the molecule is CCCn1cc(OCc2ccc(CN)c(OC)c2)cn1. The molecule has 0 atom stereocenters. The van der Waals surface area contributed by atoms with Crippen LogP contribution in [0.15, 0.2) is 30.6 Å². The number of methoxy groups -OCH3 is 1. The van der Waals surface area contributed by atoms with Gasteiger partial charge in [0, 0.05) is 18.7 Å². The van der Waals surface area contributed by atoms with Gasteiger partial charge in [0.05, 0.1) is 19.5 Å². The van der Waals surface area contributed by atoms with Gasteiger partial charge in [-0.25, -0.2) is 0 Å². The second-order valence-corrected chi connectivity index (χ2v) is 4.58. The van der Waals surface area contributed by atoms with Gasteiger partial charge in [-0.3, -0.25) is 4.68 Å². The van der Waals surface area contributed by atoms with Gasteiger partial charge < -0.3 is 15.2 Å². The first-order chi connectivity index (χ1) is 9.76. The Morgan fingerprint density at radius 1 is 1.35 bits per heavy atom. The summed E-state index contributed by atoms with van der Waals surface area (Å²) >= 11 is 0. The number of rotatable bonds is 7. The van der Waals surface area contributed by atoms with Crippen LogP contribution in [0.5, 0.6) is 11.5 Å². The van der Waals surface area contributed by atoms with Gasteiger partial charge in [0.25, 0.3) is 0 Å². The number of ether oxygens (including phenoxy) is 2. The molecular formula is C15H21N3O2.